The molecule has 0 saturated carbocycles. The van der Waals surface area contributed by atoms with E-state index in [9.17, 15) is 4.39 Å². The Labute approximate surface area is 122 Å². The van der Waals surface area contributed by atoms with E-state index in [0.29, 0.717) is 0 Å². The quantitative estimate of drug-likeness (QED) is 0.897. The van der Waals surface area contributed by atoms with E-state index in [2.05, 4.69) is 0 Å². The minimum absolute atomic E-state index is 0.0908. The first-order valence-electron chi connectivity index (χ1n) is 6.02. The predicted molar refractivity (Wildman–Crippen MR) is 79.3 cm³/mol. The van der Waals surface area contributed by atoms with Crippen molar-refractivity contribution in [3.63, 3.8) is 0 Å². The molecule has 19 heavy (non-hydrogen) atoms. The average molecular weight is 296 g/mol. The number of hydrogen-bond donors (Lipinski definition) is 1. The van der Waals surface area contributed by atoms with Crippen molar-refractivity contribution in [3.05, 3.63) is 58.9 Å². The second-order valence-corrected chi connectivity index (χ2v) is 6.04. The molecule has 2 rings (SSSR count). The van der Waals surface area contributed by atoms with Crippen LogP contribution in [0.3, 0.4) is 0 Å². The molecule has 4 heteroatoms. The second kappa shape index (κ2) is 6.42. The number of nitrogens with two attached hydrogens (primary N) is 1. The molecule has 0 aliphatic heterocycles. The van der Waals surface area contributed by atoms with Crippen LogP contribution >= 0.6 is 23.4 Å². The molecule has 2 aromatic carbocycles. The molecule has 1 atom stereocenters. The van der Waals surface area contributed by atoms with Crippen LogP contribution in [-0.4, -0.2) is 6.04 Å². The van der Waals surface area contributed by atoms with Gasteiger partial charge in [-0.2, -0.15) is 0 Å². The summed E-state index contributed by atoms with van der Waals surface area (Å²) >= 11 is 7.79. The minimum atomic E-state index is -0.227. The van der Waals surface area contributed by atoms with Gasteiger partial charge in [-0.1, -0.05) is 29.4 Å². The zero-order valence-electron chi connectivity index (χ0n) is 10.6. The molecule has 0 amide bonds. The summed E-state index contributed by atoms with van der Waals surface area (Å²) in [4.78, 5) is 2.02. The third kappa shape index (κ3) is 4.23. The van der Waals surface area contributed by atoms with Crippen molar-refractivity contribution >= 4 is 23.4 Å². The molecule has 0 radical (unpaired) electrons. The second-order valence-electron chi connectivity index (χ2n) is 4.49. The van der Waals surface area contributed by atoms with E-state index in [1.54, 1.807) is 23.9 Å². The van der Waals surface area contributed by atoms with Gasteiger partial charge in [0.05, 0.1) is 0 Å². The van der Waals surface area contributed by atoms with Crippen molar-refractivity contribution in [3.8, 4) is 0 Å². The molecule has 1 unspecified atom stereocenters. The standard InChI is InChI=1S/C15H15ClFNS/c1-10(18)8-11-2-5-14(9-15(11)16)19-13-6-3-12(17)4-7-13/h2-7,9-10H,8,18H2,1H3. The van der Waals surface area contributed by atoms with Crippen LogP contribution in [0.25, 0.3) is 0 Å². The van der Waals surface area contributed by atoms with Gasteiger partial charge < -0.3 is 5.73 Å². The Morgan fingerprint density at radius 1 is 1.16 bits per heavy atom. The highest BCUT2D eigenvalue weighted by Gasteiger charge is 2.05. The molecule has 2 N–H and O–H groups in total. The SMILES string of the molecule is CC(N)Cc1ccc(Sc2ccc(F)cc2)cc1Cl. The summed E-state index contributed by atoms with van der Waals surface area (Å²) in [5.41, 5.74) is 6.83. The van der Waals surface area contributed by atoms with E-state index >= 15 is 0 Å². The van der Waals surface area contributed by atoms with E-state index in [1.807, 2.05) is 25.1 Å². The maximum atomic E-state index is 12.8. The summed E-state index contributed by atoms with van der Waals surface area (Å²) < 4.78 is 12.8. The number of rotatable bonds is 4. The molecule has 0 aromatic heterocycles. The number of hydrogen-bond acceptors (Lipinski definition) is 2. The molecular weight excluding hydrogens is 281 g/mol. The Morgan fingerprint density at radius 2 is 1.79 bits per heavy atom. The van der Waals surface area contributed by atoms with Crippen molar-refractivity contribution in [1.82, 2.24) is 0 Å². The fourth-order valence-electron chi connectivity index (χ4n) is 1.74. The zero-order valence-corrected chi connectivity index (χ0v) is 12.1. The zero-order chi connectivity index (χ0) is 13.8. The lowest BCUT2D eigenvalue weighted by Gasteiger charge is -2.09. The van der Waals surface area contributed by atoms with Crippen molar-refractivity contribution in [2.75, 3.05) is 0 Å². The van der Waals surface area contributed by atoms with Gasteiger partial charge in [0.1, 0.15) is 5.82 Å². The highest BCUT2D eigenvalue weighted by atomic mass is 35.5. The Kier molecular flexibility index (Phi) is 4.86. The normalized spacial score (nSPS) is 12.4. The van der Waals surface area contributed by atoms with E-state index in [4.69, 9.17) is 17.3 Å². The first kappa shape index (κ1) is 14.4. The van der Waals surface area contributed by atoms with Gasteiger partial charge in [-0.25, -0.2) is 4.39 Å². The van der Waals surface area contributed by atoms with Gasteiger partial charge in [0.2, 0.25) is 0 Å². The van der Waals surface area contributed by atoms with Gasteiger partial charge in [-0.05, 0) is 55.3 Å². The Hall–Kier alpha value is -1.03. The minimum Gasteiger partial charge on any atom is -0.328 e. The fourth-order valence-corrected chi connectivity index (χ4v) is 2.92. The Bertz CT molecular complexity index is 555. The lowest BCUT2D eigenvalue weighted by molar-refractivity contribution is 0.626. The molecule has 0 aliphatic rings. The van der Waals surface area contributed by atoms with Crippen molar-refractivity contribution in [1.29, 1.82) is 0 Å². The molecule has 0 heterocycles. The summed E-state index contributed by atoms with van der Waals surface area (Å²) in [7, 11) is 0. The highest BCUT2D eigenvalue weighted by Crippen LogP contribution is 2.31. The maximum absolute atomic E-state index is 12.8. The van der Waals surface area contributed by atoms with E-state index in [-0.39, 0.29) is 11.9 Å². The molecule has 2 aromatic rings. The van der Waals surface area contributed by atoms with E-state index < -0.39 is 0 Å². The first-order chi connectivity index (χ1) is 9.04. The van der Waals surface area contributed by atoms with Gasteiger partial charge in [0.25, 0.3) is 0 Å². The smallest absolute Gasteiger partial charge is 0.123 e. The molecule has 0 saturated heterocycles. The Morgan fingerprint density at radius 3 is 2.37 bits per heavy atom. The van der Waals surface area contributed by atoms with E-state index in [0.717, 1.165) is 26.8 Å². The third-order valence-electron chi connectivity index (χ3n) is 2.62. The lowest BCUT2D eigenvalue weighted by atomic mass is 10.1. The van der Waals surface area contributed by atoms with Crippen LogP contribution in [0.1, 0.15) is 12.5 Å². The van der Waals surface area contributed by atoms with Gasteiger partial charge in [0, 0.05) is 20.9 Å². The van der Waals surface area contributed by atoms with E-state index in [1.165, 1.54) is 12.1 Å². The molecular formula is C15H15ClFNS. The van der Waals surface area contributed by atoms with Crippen molar-refractivity contribution in [2.45, 2.75) is 29.2 Å². The highest BCUT2D eigenvalue weighted by molar-refractivity contribution is 7.99. The molecule has 1 nitrogen and oxygen atoms in total. The Balaban J connectivity index is 2.13. The number of halogens is 2. The largest absolute Gasteiger partial charge is 0.328 e. The summed E-state index contributed by atoms with van der Waals surface area (Å²) in [5.74, 6) is -0.227. The van der Waals surface area contributed by atoms with Crippen LogP contribution in [0.5, 0.6) is 0 Å². The molecule has 100 valence electrons. The topological polar surface area (TPSA) is 26.0 Å². The average Bonchev–Trinajstić information content (AvgIpc) is 2.35. The van der Waals surface area contributed by atoms with Crippen molar-refractivity contribution < 1.29 is 4.39 Å². The van der Waals surface area contributed by atoms with Crippen LogP contribution in [-0.2, 0) is 6.42 Å². The number of benzene rings is 2. The molecule has 0 bridgehead atoms. The monoisotopic (exact) mass is 295 g/mol. The summed E-state index contributed by atoms with van der Waals surface area (Å²) in [6, 6.07) is 12.4. The van der Waals surface area contributed by atoms with Gasteiger partial charge >= 0.3 is 0 Å². The van der Waals surface area contributed by atoms with Gasteiger partial charge in [0.15, 0.2) is 0 Å². The summed E-state index contributed by atoms with van der Waals surface area (Å²) in [6.45, 7) is 1.96. The third-order valence-corrected chi connectivity index (χ3v) is 3.97. The summed E-state index contributed by atoms with van der Waals surface area (Å²) in [6.07, 6.45) is 0.764. The molecule has 0 fully saturated rings. The first-order valence-corrected chi connectivity index (χ1v) is 7.21. The van der Waals surface area contributed by atoms with Gasteiger partial charge in [-0.3, -0.25) is 0 Å². The van der Waals surface area contributed by atoms with Crippen LogP contribution in [0.2, 0.25) is 5.02 Å². The van der Waals surface area contributed by atoms with Crippen LogP contribution in [0, 0.1) is 5.82 Å². The predicted octanol–water partition coefficient (Wildman–Crippen LogP) is 4.52. The van der Waals surface area contributed by atoms with Crippen LogP contribution < -0.4 is 5.73 Å². The summed E-state index contributed by atoms with van der Waals surface area (Å²) in [5, 5.41) is 0.726. The molecule has 0 spiro atoms. The lowest BCUT2D eigenvalue weighted by Crippen LogP contribution is -2.17. The van der Waals surface area contributed by atoms with Gasteiger partial charge in [-0.15, -0.1) is 0 Å². The van der Waals surface area contributed by atoms with Crippen molar-refractivity contribution in [2.24, 2.45) is 5.73 Å². The maximum Gasteiger partial charge on any atom is 0.123 e. The molecule has 0 aliphatic carbocycles. The van der Waals surface area contributed by atoms with Crippen LogP contribution in [0.4, 0.5) is 4.39 Å². The fraction of sp³-hybridized carbons (Fsp3) is 0.200. The van der Waals surface area contributed by atoms with Crippen LogP contribution in [0.15, 0.2) is 52.3 Å².